The van der Waals surface area contributed by atoms with Gasteiger partial charge in [0.2, 0.25) is 5.91 Å². The van der Waals surface area contributed by atoms with Gasteiger partial charge in [-0.2, -0.15) is 0 Å². The standard InChI is InChI=1S/C10H12N2O3S/c1-11-10(15)12-9(14)6-16-8-4-2-7(13)3-5-8/h2-5,13H,6H2,1H3,(H2,11,12,14,15). The summed E-state index contributed by atoms with van der Waals surface area (Å²) in [4.78, 5) is 22.9. The van der Waals surface area contributed by atoms with Crippen LogP contribution in [-0.4, -0.2) is 29.8 Å². The van der Waals surface area contributed by atoms with Crippen LogP contribution in [0.1, 0.15) is 0 Å². The second kappa shape index (κ2) is 6.02. The summed E-state index contributed by atoms with van der Waals surface area (Å²) < 4.78 is 0. The molecule has 1 rings (SSSR count). The molecule has 0 fully saturated rings. The first-order chi connectivity index (χ1) is 7.61. The van der Waals surface area contributed by atoms with E-state index in [1.54, 1.807) is 24.3 Å². The zero-order chi connectivity index (χ0) is 12.0. The highest BCUT2D eigenvalue weighted by Gasteiger charge is 2.06. The number of thioether (sulfide) groups is 1. The molecule has 0 atom stereocenters. The van der Waals surface area contributed by atoms with Gasteiger partial charge in [0.25, 0.3) is 0 Å². The number of aromatic hydroxyl groups is 1. The molecule has 3 amide bonds. The maximum atomic E-state index is 11.2. The zero-order valence-corrected chi connectivity index (χ0v) is 9.50. The number of urea groups is 1. The molecule has 1 aromatic carbocycles. The molecule has 5 nitrogen and oxygen atoms in total. The Kier molecular flexibility index (Phi) is 4.65. The van der Waals surface area contributed by atoms with E-state index in [9.17, 15) is 9.59 Å². The van der Waals surface area contributed by atoms with Gasteiger partial charge in [-0.1, -0.05) is 0 Å². The van der Waals surface area contributed by atoms with Gasteiger partial charge in [-0.15, -0.1) is 11.8 Å². The van der Waals surface area contributed by atoms with Crippen LogP contribution < -0.4 is 10.6 Å². The molecule has 0 aliphatic heterocycles. The first-order valence-corrected chi connectivity index (χ1v) is 5.54. The Morgan fingerprint density at radius 3 is 2.50 bits per heavy atom. The molecular formula is C10H12N2O3S. The number of carbonyl (C=O) groups is 2. The van der Waals surface area contributed by atoms with E-state index in [1.807, 2.05) is 0 Å². The Hall–Kier alpha value is -1.69. The van der Waals surface area contributed by atoms with Gasteiger partial charge in [-0.25, -0.2) is 4.79 Å². The van der Waals surface area contributed by atoms with E-state index < -0.39 is 6.03 Å². The maximum Gasteiger partial charge on any atom is 0.321 e. The fraction of sp³-hybridized carbons (Fsp3) is 0.200. The quantitative estimate of drug-likeness (QED) is 0.687. The fourth-order valence-corrected chi connectivity index (χ4v) is 1.61. The Morgan fingerprint density at radius 1 is 1.31 bits per heavy atom. The van der Waals surface area contributed by atoms with E-state index in [0.29, 0.717) is 0 Å². The van der Waals surface area contributed by atoms with Gasteiger partial charge in [0.1, 0.15) is 5.75 Å². The number of amides is 3. The molecule has 0 aliphatic carbocycles. The zero-order valence-electron chi connectivity index (χ0n) is 8.69. The van der Waals surface area contributed by atoms with Gasteiger partial charge in [0, 0.05) is 11.9 Å². The predicted molar refractivity (Wildman–Crippen MR) is 61.4 cm³/mol. The minimum absolute atomic E-state index is 0.151. The molecule has 0 aromatic heterocycles. The second-order valence-corrected chi connectivity index (χ2v) is 3.96. The van der Waals surface area contributed by atoms with Crippen LogP contribution in [0.5, 0.6) is 5.75 Å². The number of phenols is 1. The summed E-state index contributed by atoms with van der Waals surface area (Å²) in [6.07, 6.45) is 0. The van der Waals surface area contributed by atoms with Crippen molar-refractivity contribution in [1.29, 1.82) is 0 Å². The topological polar surface area (TPSA) is 78.4 Å². The van der Waals surface area contributed by atoms with Gasteiger partial charge in [-0.3, -0.25) is 10.1 Å². The molecule has 0 spiro atoms. The maximum absolute atomic E-state index is 11.2. The average Bonchev–Trinajstić information content (AvgIpc) is 2.28. The van der Waals surface area contributed by atoms with Crippen LogP contribution in [0.2, 0.25) is 0 Å². The van der Waals surface area contributed by atoms with Crippen LogP contribution in [0.25, 0.3) is 0 Å². The van der Waals surface area contributed by atoms with Gasteiger partial charge >= 0.3 is 6.03 Å². The normalized spacial score (nSPS) is 9.56. The molecule has 0 saturated heterocycles. The van der Waals surface area contributed by atoms with Crippen molar-refractivity contribution < 1.29 is 14.7 Å². The highest BCUT2D eigenvalue weighted by molar-refractivity contribution is 8.00. The Balaban J connectivity index is 2.37. The van der Waals surface area contributed by atoms with E-state index in [0.717, 1.165) is 4.90 Å². The van der Waals surface area contributed by atoms with Crippen molar-refractivity contribution in [2.24, 2.45) is 0 Å². The van der Waals surface area contributed by atoms with Gasteiger partial charge in [-0.05, 0) is 24.3 Å². The molecule has 86 valence electrons. The molecular weight excluding hydrogens is 228 g/mol. The van der Waals surface area contributed by atoms with Crippen molar-refractivity contribution in [2.75, 3.05) is 12.8 Å². The number of carbonyl (C=O) groups excluding carboxylic acids is 2. The molecule has 0 radical (unpaired) electrons. The molecule has 0 bridgehead atoms. The smallest absolute Gasteiger partial charge is 0.321 e. The number of imide groups is 1. The first-order valence-electron chi connectivity index (χ1n) is 4.55. The first kappa shape index (κ1) is 12.4. The summed E-state index contributed by atoms with van der Waals surface area (Å²) in [7, 11) is 1.44. The van der Waals surface area contributed by atoms with E-state index in [2.05, 4.69) is 10.6 Å². The fourth-order valence-electron chi connectivity index (χ4n) is 0.916. The van der Waals surface area contributed by atoms with Gasteiger partial charge < -0.3 is 10.4 Å². The van der Waals surface area contributed by atoms with Crippen LogP contribution in [0, 0.1) is 0 Å². The van der Waals surface area contributed by atoms with Crippen molar-refractivity contribution in [1.82, 2.24) is 10.6 Å². The SMILES string of the molecule is CNC(=O)NC(=O)CSc1ccc(O)cc1. The van der Waals surface area contributed by atoms with Crippen LogP contribution in [0.4, 0.5) is 4.79 Å². The van der Waals surface area contributed by atoms with Gasteiger partial charge in [0.05, 0.1) is 5.75 Å². The van der Waals surface area contributed by atoms with Crippen molar-refractivity contribution >= 4 is 23.7 Å². The van der Waals surface area contributed by atoms with Crippen LogP contribution in [0.15, 0.2) is 29.2 Å². The number of phenolic OH excluding ortho intramolecular Hbond substituents is 1. The van der Waals surface area contributed by atoms with Gasteiger partial charge in [0.15, 0.2) is 0 Å². The molecule has 16 heavy (non-hydrogen) atoms. The summed E-state index contributed by atoms with van der Waals surface area (Å²) in [6, 6.07) is 5.97. The summed E-state index contributed by atoms with van der Waals surface area (Å²) in [5.41, 5.74) is 0. The minimum Gasteiger partial charge on any atom is -0.508 e. The molecule has 0 unspecified atom stereocenters. The molecule has 6 heteroatoms. The lowest BCUT2D eigenvalue weighted by Crippen LogP contribution is -2.38. The Bertz CT molecular complexity index is 378. The lowest BCUT2D eigenvalue weighted by Gasteiger charge is -2.03. The number of hydrogen-bond acceptors (Lipinski definition) is 4. The molecule has 1 aromatic rings. The lowest BCUT2D eigenvalue weighted by atomic mass is 10.3. The summed E-state index contributed by atoms with van der Waals surface area (Å²) in [5.74, 6) is -0.0327. The largest absolute Gasteiger partial charge is 0.508 e. The number of hydrogen-bond donors (Lipinski definition) is 3. The average molecular weight is 240 g/mol. The number of benzene rings is 1. The summed E-state index contributed by atoms with van der Waals surface area (Å²) >= 11 is 1.29. The third-order valence-corrected chi connectivity index (χ3v) is 2.70. The second-order valence-electron chi connectivity index (χ2n) is 2.91. The van der Waals surface area contributed by atoms with Crippen LogP contribution >= 0.6 is 11.8 Å². The highest BCUT2D eigenvalue weighted by Crippen LogP contribution is 2.20. The summed E-state index contributed by atoms with van der Waals surface area (Å²) in [5, 5.41) is 13.5. The van der Waals surface area contributed by atoms with Crippen molar-refractivity contribution in [2.45, 2.75) is 4.90 Å². The lowest BCUT2D eigenvalue weighted by molar-refractivity contribution is -0.117. The van der Waals surface area contributed by atoms with E-state index in [-0.39, 0.29) is 17.4 Å². The van der Waals surface area contributed by atoms with Crippen molar-refractivity contribution in [3.63, 3.8) is 0 Å². The van der Waals surface area contributed by atoms with E-state index in [4.69, 9.17) is 5.11 Å². The molecule has 3 N–H and O–H groups in total. The minimum atomic E-state index is -0.517. The molecule has 0 aliphatic rings. The van der Waals surface area contributed by atoms with Crippen molar-refractivity contribution in [3.8, 4) is 5.75 Å². The Labute approximate surface area is 97.2 Å². The van der Waals surface area contributed by atoms with Crippen molar-refractivity contribution in [3.05, 3.63) is 24.3 Å². The van der Waals surface area contributed by atoms with Crippen LogP contribution in [-0.2, 0) is 4.79 Å². The highest BCUT2D eigenvalue weighted by atomic mass is 32.2. The molecule has 0 heterocycles. The number of nitrogens with one attached hydrogen (secondary N) is 2. The van der Waals surface area contributed by atoms with Crippen LogP contribution in [0.3, 0.4) is 0 Å². The number of rotatable bonds is 3. The third-order valence-electron chi connectivity index (χ3n) is 1.69. The third kappa shape index (κ3) is 4.22. The summed E-state index contributed by atoms with van der Waals surface area (Å²) in [6.45, 7) is 0. The molecule has 0 saturated carbocycles. The Morgan fingerprint density at radius 2 is 1.94 bits per heavy atom. The van der Waals surface area contributed by atoms with E-state index >= 15 is 0 Å². The monoisotopic (exact) mass is 240 g/mol. The van der Waals surface area contributed by atoms with E-state index in [1.165, 1.54) is 18.8 Å². The predicted octanol–water partition coefficient (Wildman–Crippen LogP) is 0.940.